The molecule has 5 rings (SSSR count). The highest BCUT2D eigenvalue weighted by Crippen LogP contribution is 2.55. The van der Waals surface area contributed by atoms with Gasteiger partial charge in [-0.25, -0.2) is 9.78 Å². The van der Waals surface area contributed by atoms with Crippen molar-refractivity contribution in [2.75, 3.05) is 6.61 Å². The van der Waals surface area contributed by atoms with Gasteiger partial charge in [-0.15, -0.1) is 0 Å². The van der Waals surface area contributed by atoms with Crippen molar-refractivity contribution in [1.29, 1.82) is 0 Å². The van der Waals surface area contributed by atoms with Gasteiger partial charge >= 0.3 is 0 Å². The average molecular weight is 323 g/mol. The van der Waals surface area contributed by atoms with Crippen LogP contribution in [0.25, 0.3) is 0 Å². The van der Waals surface area contributed by atoms with Crippen molar-refractivity contribution in [3.05, 3.63) is 0 Å². The van der Waals surface area contributed by atoms with Crippen LogP contribution in [0.15, 0.2) is 0 Å². The van der Waals surface area contributed by atoms with Crippen molar-refractivity contribution >= 4 is 5.91 Å². The fraction of sp³-hybridized carbons (Fsp3) is 0.944. The number of carbonyl (C=O) groups excluding carboxylic acids is 1. The third kappa shape index (κ3) is 2.61. The fourth-order valence-corrected chi connectivity index (χ4v) is 4.94. The van der Waals surface area contributed by atoms with E-state index in [0.29, 0.717) is 24.5 Å². The summed E-state index contributed by atoms with van der Waals surface area (Å²) in [6.07, 6.45) is 6.30. The second-order valence-corrected chi connectivity index (χ2v) is 8.42. The fourth-order valence-electron chi connectivity index (χ4n) is 4.94. The monoisotopic (exact) mass is 323 g/mol. The summed E-state index contributed by atoms with van der Waals surface area (Å²) in [5.74, 6) is 0.623. The van der Waals surface area contributed by atoms with Crippen LogP contribution in [0, 0.1) is 23.7 Å². The molecule has 0 aromatic carbocycles. The molecular weight excluding hydrogens is 294 g/mol. The van der Waals surface area contributed by atoms with Crippen LogP contribution in [0.3, 0.4) is 0 Å². The van der Waals surface area contributed by atoms with Crippen LogP contribution in [0.1, 0.15) is 59.3 Å². The Hall–Kier alpha value is -0.650. The van der Waals surface area contributed by atoms with Crippen molar-refractivity contribution in [3.8, 4) is 0 Å². The average Bonchev–Trinajstić information content (AvgIpc) is 3.35. The highest BCUT2D eigenvalue weighted by Gasteiger charge is 2.61. The molecule has 0 aromatic heterocycles. The van der Waals surface area contributed by atoms with E-state index in [1.54, 1.807) is 0 Å². The molecule has 5 nitrogen and oxygen atoms in total. The molecule has 3 saturated heterocycles. The summed E-state index contributed by atoms with van der Waals surface area (Å²) in [5.41, 5.74) is -0.464. The normalized spacial score (nSPS) is 47.5. The summed E-state index contributed by atoms with van der Waals surface area (Å²) in [6.45, 7) is 6.86. The topological polar surface area (TPSA) is 56.8 Å². The summed E-state index contributed by atoms with van der Waals surface area (Å²) in [4.78, 5) is 24.4. The van der Waals surface area contributed by atoms with Crippen LogP contribution in [-0.2, 0) is 19.3 Å². The molecule has 2 aliphatic carbocycles. The minimum Gasteiger partial charge on any atom is -0.353 e. The summed E-state index contributed by atoms with van der Waals surface area (Å²) >= 11 is 0. The molecule has 0 unspecified atom stereocenters. The number of carbonyl (C=O) groups is 1. The highest BCUT2D eigenvalue weighted by molar-refractivity contribution is 5.79. The van der Waals surface area contributed by atoms with Crippen LogP contribution in [0.2, 0.25) is 0 Å². The van der Waals surface area contributed by atoms with Gasteiger partial charge in [0.05, 0.1) is 6.61 Å². The summed E-state index contributed by atoms with van der Waals surface area (Å²) in [6, 6.07) is 0.401. The van der Waals surface area contributed by atoms with E-state index in [4.69, 9.17) is 14.5 Å². The Kier molecular flexibility index (Phi) is 3.74. The highest BCUT2D eigenvalue weighted by atomic mass is 17.2. The lowest BCUT2D eigenvalue weighted by Crippen LogP contribution is -2.61. The molecule has 6 atom stereocenters. The maximum absolute atomic E-state index is 12.6. The van der Waals surface area contributed by atoms with Gasteiger partial charge in [-0.1, -0.05) is 13.8 Å². The first-order valence-electron chi connectivity index (χ1n) is 9.25. The minimum atomic E-state index is -0.619. The molecule has 5 fully saturated rings. The predicted molar refractivity (Wildman–Crippen MR) is 84.2 cm³/mol. The molecule has 3 heterocycles. The van der Waals surface area contributed by atoms with Gasteiger partial charge in [0.1, 0.15) is 5.60 Å². The van der Waals surface area contributed by atoms with Crippen LogP contribution in [0.4, 0.5) is 0 Å². The van der Waals surface area contributed by atoms with E-state index in [1.807, 2.05) is 13.8 Å². The summed E-state index contributed by atoms with van der Waals surface area (Å²) in [7, 11) is 0. The van der Waals surface area contributed by atoms with Crippen LogP contribution in [0.5, 0.6) is 0 Å². The molecule has 2 saturated carbocycles. The predicted octanol–water partition coefficient (Wildman–Crippen LogP) is 2.79. The van der Waals surface area contributed by atoms with E-state index >= 15 is 0 Å². The molecule has 23 heavy (non-hydrogen) atoms. The van der Waals surface area contributed by atoms with Gasteiger partial charge in [0, 0.05) is 24.3 Å². The zero-order valence-corrected chi connectivity index (χ0v) is 14.5. The number of hydrogen-bond acceptors (Lipinski definition) is 4. The molecule has 0 aromatic rings. The first kappa shape index (κ1) is 15.9. The number of amides is 1. The van der Waals surface area contributed by atoms with Crippen molar-refractivity contribution in [3.63, 3.8) is 0 Å². The number of fused-ring (bicyclic) bond motifs is 3. The van der Waals surface area contributed by atoms with Gasteiger partial charge in [0.15, 0.2) is 5.79 Å². The minimum absolute atomic E-state index is 0.0692. The Balaban J connectivity index is 1.60. The van der Waals surface area contributed by atoms with Gasteiger partial charge in [-0.05, 0) is 50.9 Å². The first-order chi connectivity index (χ1) is 10.9. The van der Waals surface area contributed by atoms with Crippen molar-refractivity contribution in [2.45, 2.75) is 76.7 Å². The molecule has 1 spiro atoms. The van der Waals surface area contributed by atoms with Crippen molar-refractivity contribution < 1.29 is 19.3 Å². The Labute approximate surface area is 138 Å². The SMILES string of the molecule is C[C@@H]1CC[C@@H]([C@@H](C)C(=O)NC2CC2)[C@@]23CO[C@@](C)(CC[C@@H]12)OO3. The Bertz CT molecular complexity index is 481. The molecule has 0 radical (unpaired) electrons. The second kappa shape index (κ2) is 5.43. The lowest BCUT2D eigenvalue weighted by molar-refractivity contribution is -0.516. The van der Waals surface area contributed by atoms with Crippen LogP contribution < -0.4 is 5.32 Å². The molecule has 5 aliphatic rings. The summed E-state index contributed by atoms with van der Waals surface area (Å²) in [5, 5.41) is 3.16. The van der Waals surface area contributed by atoms with Crippen molar-refractivity contribution in [2.24, 2.45) is 23.7 Å². The number of ether oxygens (including phenoxy) is 1. The first-order valence-corrected chi connectivity index (χ1v) is 9.25. The molecule has 1 amide bonds. The van der Waals surface area contributed by atoms with Gasteiger partial charge < -0.3 is 10.1 Å². The van der Waals surface area contributed by atoms with E-state index in [1.165, 1.54) is 0 Å². The van der Waals surface area contributed by atoms with E-state index in [9.17, 15) is 4.79 Å². The molecular formula is C18H29NO4. The Morgan fingerprint density at radius 2 is 1.96 bits per heavy atom. The quantitative estimate of drug-likeness (QED) is 0.812. The molecule has 5 heteroatoms. The van der Waals surface area contributed by atoms with Crippen molar-refractivity contribution in [1.82, 2.24) is 5.32 Å². The van der Waals surface area contributed by atoms with E-state index in [2.05, 4.69) is 12.2 Å². The van der Waals surface area contributed by atoms with Gasteiger partial charge in [-0.3, -0.25) is 4.79 Å². The zero-order valence-electron chi connectivity index (χ0n) is 14.5. The maximum atomic E-state index is 12.6. The van der Waals surface area contributed by atoms with E-state index in [-0.39, 0.29) is 17.7 Å². The van der Waals surface area contributed by atoms with E-state index < -0.39 is 11.4 Å². The second-order valence-electron chi connectivity index (χ2n) is 8.42. The zero-order chi connectivity index (χ0) is 16.2. The van der Waals surface area contributed by atoms with E-state index in [0.717, 1.165) is 38.5 Å². The smallest absolute Gasteiger partial charge is 0.223 e. The number of nitrogens with one attached hydrogen (secondary N) is 1. The lowest BCUT2D eigenvalue weighted by Gasteiger charge is -2.52. The summed E-state index contributed by atoms with van der Waals surface area (Å²) < 4.78 is 6.07. The molecule has 3 aliphatic heterocycles. The van der Waals surface area contributed by atoms with Gasteiger partial charge in [0.25, 0.3) is 0 Å². The third-order valence-electron chi connectivity index (χ3n) is 6.70. The molecule has 1 N–H and O–H groups in total. The van der Waals surface area contributed by atoms with Crippen LogP contribution >= 0.6 is 0 Å². The number of rotatable bonds is 3. The largest absolute Gasteiger partial charge is 0.353 e. The molecule has 2 bridgehead atoms. The third-order valence-corrected chi connectivity index (χ3v) is 6.70. The Morgan fingerprint density at radius 3 is 2.61 bits per heavy atom. The van der Waals surface area contributed by atoms with Gasteiger partial charge in [0.2, 0.25) is 5.91 Å². The lowest BCUT2D eigenvalue weighted by atomic mass is 9.60. The number of hydrogen-bond donors (Lipinski definition) is 1. The maximum Gasteiger partial charge on any atom is 0.223 e. The van der Waals surface area contributed by atoms with Crippen LogP contribution in [-0.4, -0.2) is 29.9 Å². The standard InChI is InChI=1S/C18H29NO4/c1-11-4-7-15(12(2)16(20)19-13-5-6-13)18-10-21-17(3,22-23-18)9-8-14(11)18/h11-15H,4-10H2,1-3H3,(H,19,20)/t11-,12-,14+,15+,17-,18-/m1/s1. The molecule has 130 valence electrons. The Morgan fingerprint density at radius 1 is 1.17 bits per heavy atom. The van der Waals surface area contributed by atoms with Gasteiger partial charge in [-0.2, -0.15) is 0 Å².